The van der Waals surface area contributed by atoms with Gasteiger partial charge in [-0.2, -0.15) is 0 Å². The molecule has 1 unspecified atom stereocenters. The van der Waals surface area contributed by atoms with E-state index in [4.69, 9.17) is 0 Å². The molecule has 0 bridgehead atoms. The Kier molecular flexibility index (Phi) is 6.30. The van der Waals surface area contributed by atoms with Crippen LogP contribution in [0, 0.1) is 5.92 Å². The Bertz CT molecular complexity index is 212. The molecule has 0 aliphatic heterocycles. The summed E-state index contributed by atoms with van der Waals surface area (Å²) in [7, 11) is 0. The Hall–Kier alpha value is -0.780. The second-order valence-corrected chi connectivity index (χ2v) is 3.83. The summed E-state index contributed by atoms with van der Waals surface area (Å²) in [6.07, 6.45) is 10.1. The highest BCUT2D eigenvalue weighted by Crippen LogP contribution is 2.07. The third kappa shape index (κ3) is 7.58. The summed E-state index contributed by atoms with van der Waals surface area (Å²) >= 11 is 0. The molecule has 0 aromatic heterocycles. The normalized spacial score (nSPS) is 14.7. The first kappa shape index (κ1) is 12.2. The van der Waals surface area contributed by atoms with Crippen LogP contribution in [0.15, 0.2) is 35.5 Å². The quantitative estimate of drug-likeness (QED) is 0.439. The summed E-state index contributed by atoms with van der Waals surface area (Å²) in [5.74, 6) is 0.551. The SMILES string of the molecule is CC/C=C/C(C)/C=C(/C)C=C(C)C. The number of hydrogen-bond donors (Lipinski definition) is 0. The van der Waals surface area contributed by atoms with Crippen molar-refractivity contribution in [2.75, 3.05) is 0 Å². The van der Waals surface area contributed by atoms with Crippen LogP contribution in [0.4, 0.5) is 0 Å². The highest BCUT2D eigenvalue weighted by Gasteiger charge is 1.91. The summed E-state index contributed by atoms with van der Waals surface area (Å²) in [5.41, 5.74) is 2.72. The van der Waals surface area contributed by atoms with E-state index < -0.39 is 0 Å². The molecule has 0 saturated heterocycles. The molecule has 0 heterocycles. The topological polar surface area (TPSA) is 0 Å². The molecule has 0 radical (unpaired) electrons. The molecule has 0 saturated carbocycles. The molecule has 0 heteroatoms. The zero-order valence-corrected chi connectivity index (χ0v) is 9.59. The van der Waals surface area contributed by atoms with Crippen molar-refractivity contribution >= 4 is 0 Å². The summed E-state index contributed by atoms with van der Waals surface area (Å²) in [6.45, 7) is 10.8. The van der Waals surface area contributed by atoms with Gasteiger partial charge in [0.25, 0.3) is 0 Å². The van der Waals surface area contributed by atoms with E-state index in [-0.39, 0.29) is 0 Å². The highest BCUT2D eigenvalue weighted by atomic mass is 14.0. The zero-order chi connectivity index (χ0) is 10.3. The fourth-order valence-electron chi connectivity index (χ4n) is 1.32. The average molecular weight is 178 g/mol. The Morgan fingerprint density at radius 3 is 2.31 bits per heavy atom. The van der Waals surface area contributed by atoms with Crippen molar-refractivity contribution in [2.45, 2.75) is 41.0 Å². The van der Waals surface area contributed by atoms with E-state index in [1.165, 1.54) is 11.1 Å². The van der Waals surface area contributed by atoms with Gasteiger partial charge in [0.1, 0.15) is 0 Å². The predicted molar refractivity (Wildman–Crippen MR) is 61.8 cm³/mol. The van der Waals surface area contributed by atoms with Crippen LogP contribution in [0.2, 0.25) is 0 Å². The summed E-state index contributed by atoms with van der Waals surface area (Å²) < 4.78 is 0. The molecular formula is C13H22. The molecule has 0 aliphatic carbocycles. The van der Waals surface area contributed by atoms with Crippen LogP contribution in [0.25, 0.3) is 0 Å². The van der Waals surface area contributed by atoms with Crippen LogP contribution in [-0.2, 0) is 0 Å². The Balaban J connectivity index is 4.22. The van der Waals surface area contributed by atoms with Crippen LogP contribution in [0.3, 0.4) is 0 Å². The summed E-state index contributed by atoms with van der Waals surface area (Å²) in [6, 6.07) is 0. The van der Waals surface area contributed by atoms with Crippen LogP contribution in [0.1, 0.15) is 41.0 Å². The fraction of sp³-hybridized carbons (Fsp3) is 0.538. The number of hydrogen-bond acceptors (Lipinski definition) is 0. The lowest BCUT2D eigenvalue weighted by Gasteiger charge is -2.00. The lowest BCUT2D eigenvalue weighted by molar-refractivity contribution is 0.920. The van der Waals surface area contributed by atoms with Crippen molar-refractivity contribution < 1.29 is 0 Å². The molecule has 0 amide bonds. The molecule has 1 atom stereocenters. The fourth-order valence-corrected chi connectivity index (χ4v) is 1.32. The van der Waals surface area contributed by atoms with E-state index in [9.17, 15) is 0 Å². The second-order valence-electron chi connectivity index (χ2n) is 3.83. The molecule has 13 heavy (non-hydrogen) atoms. The minimum Gasteiger partial charge on any atom is -0.0882 e. The molecule has 0 fully saturated rings. The van der Waals surface area contributed by atoms with Crippen molar-refractivity contribution in [3.05, 3.63) is 35.5 Å². The number of allylic oxidation sites excluding steroid dienone is 6. The van der Waals surface area contributed by atoms with Gasteiger partial charge in [0.2, 0.25) is 0 Å². The van der Waals surface area contributed by atoms with Crippen molar-refractivity contribution in [3.63, 3.8) is 0 Å². The lowest BCUT2D eigenvalue weighted by Crippen LogP contribution is -1.84. The Labute approximate surface area is 83.0 Å². The average Bonchev–Trinajstić information content (AvgIpc) is 1.98. The van der Waals surface area contributed by atoms with E-state index >= 15 is 0 Å². The Morgan fingerprint density at radius 1 is 1.23 bits per heavy atom. The maximum absolute atomic E-state index is 2.29. The summed E-state index contributed by atoms with van der Waals surface area (Å²) in [5, 5.41) is 0. The molecule has 0 aromatic rings. The predicted octanol–water partition coefficient (Wildman–Crippen LogP) is 4.50. The van der Waals surface area contributed by atoms with Gasteiger partial charge in [0.05, 0.1) is 0 Å². The van der Waals surface area contributed by atoms with Gasteiger partial charge >= 0.3 is 0 Å². The van der Waals surface area contributed by atoms with Crippen LogP contribution in [0.5, 0.6) is 0 Å². The monoisotopic (exact) mass is 178 g/mol. The summed E-state index contributed by atoms with van der Waals surface area (Å²) in [4.78, 5) is 0. The maximum Gasteiger partial charge on any atom is -0.00762 e. The van der Waals surface area contributed by atoms with Crippen LogP contribution < -0.4 is 0 Å². The minimum atomic E-state index is 0.551. The van der Waals surface area contributed by atoms with E-state index in [0.29, 0.717) is 5.92 Å². The van der Waals surface area contributed by atoms with Crippen LogP contribution in [-0.4, -0.2) is 0 Å². The van der Waals surface area contributed by atoms with Gasteiger partial charge in [-0.15, -0.1) is 0 Å². The zero-order valence-electron chi connectivity index (χ0n) is 9.59. The van der Waals surface area contributed by atoms with Gasteiger partial charge in [0.15, 0.2) is 0 Å². The first-order valence-corrected chi connectivity index (χ1v) is 5.06. The van der Waals surface area contributed by atoms with Crippen LogP contribution >= 0.6 is 0 Å². The first-order chi connectivity index (χ1) is 6.06. The Morgan fingerprint density at radius 2 is 1.85 bits per heavy atom. The number of rotatable bonds is 4. The van der Waals surface area contributed by atoms with Gasteiger partial charge in [-0.1, -0.05) is 49.3 Å². The molecule has 0 rings (SSSR count). The first-order valence-electron chi connectivity index (χ1n) is 5.06. The third-order valence-electron chi connectivity index (χ3n) is 1.72. The van der Waals surface area contributed by atoms with Gasteiger partial charge in [-0.3, -0.25) is 0 Å². The maximum atomic E-state index is 2.29. The van der Waals surface area contributed by atoms with Gasteiger partial charge in [-0.25, -0.2) is 0 Å². The van der Waals surface area contributed by atoms with E-state index in [1.54, 1.807) is 0 Å². The van der Waals surface area contributed by atoms with E-state index in [2.05, 4.69) is 58.9 Å². The van der Waals surface area contributed by atoms with Crippen molar-refractivity contribution in [1.29, 1.82) is 0 Å². The third-order valence-corrected chi connectivity index (χ3v) is 1.72. The molecule has 74 valence electrons. The molecule has 0 spiro atoms. The van der Waals surface area contributed by atoms with Gasteiger partial charge in [-0.05, 0) is 33.1 Å². The molecule has 0 nitrogen and oxygen atoms in total. The largest absolute Gasteiger partial charge is 0.0882 e. The van der Waals surface area contributed by atoms with Crippen molar-refractivity contribution in [2.24, 2.45) is 5.92 Å². The molecule has 0 aromatic carbocycles. The highest BCUT2D eigenvalue weighted by molar-refractivity contribution is 5.21. The van der Waals surface area contributed by atoms with Gasteiger partial charge in [0, 0.05) is 0 Å². The smallest absolute Gasteiger partial charge is 0.00762 e. The van der Waals surface area contributed by atoms with Crippen molar-refractivity contribution in [1.82, 2.24) is 0 Å². The van der Waals surface area contributed by atoms with E-state index in [0.717, 1.165) is 6.42 Å². The van der Waals surface area contributed by atoms with E-state index in [1.807, 2.05) is 0 Å². The molecule has 0 N–H and O–H groups in total. The second kappa shape index (κ2) is 6.71. The van der Waals surface area contributed by atoms with Crippen molar-refractivity contribution in [3.8, 4) is 0 Å². The molecule has 0 aliphatic rings. The lowest BCUT2D eigenvalue weighted by atomic mass is 10.1. The molecular weight excluding hydrogens is 156 g/mol. The van der Waals surface area contributed by atoms with Gasteiger partial charge < -0.3 is 0 Å². The minimum absolute atomic E-state index is 0.551. The standard InChI is InChI=1S/C13H22/c1-6-7-8-12(4)10-13(5)9-11(2)3/h7-10,12H,6H2,1-5H3/b8-7+,13-10-.